The number of esters is 1. The fourth-order valence-corrected chi connectivity index (χ4v) is 3.63. The Morgan fingerprint density at radius 2 is 1.32 bits per heavy atom. The van der Waals surface area contributed by atoms with E-state index in [-0.39, 0.29) is 28.3 Å². The molecule has 1 unspecified atom stereocenters. The summed E-state index contributed by atoms with van der Waals surface area (Å²) >= 11 is 0. The highest BCUT2D eigenvalue weighted by Crippen LogP contribution is 2.29. The lowest BCUT2D eigenvalue weighted by atomic mass is 9.84. The third-order valence-electron chi connectivity index (χ3n) is 5.43. The molecule has 0 radical (unpaired) electrons. The second kappa shape index (κ2) is 9.19. The Kier molecular flexibility index (Phi) is 6.14. The van der Waals surface area contributed by atoms with Crippen molar-refractivity contribution in [1.82, 2.24) is 0 Å². The second-order valence-electron chi connectivity index (χ2n) is 7.60. The monoisotopic (exact) mass is 459 g/mol. The molecule has 0 aromatic heterocycles. The summed E-state index contributed by atoms with van der Waals surface area (Å²) in [5.74, 6) is -1.08. The van der Waals surface area contributed by atoms with Crippen LogP contribution in [0, 0.1) is 0 Å². The molecule has 172 valence electrons. The summed E-state index contributed by atoms with van der Waals surface area (Å²) < 4.78 is 15.6. The number of methoxy groups -OCH3 is 2. The van der Waals surface area contributed by atoms with E-state index in [0.717, 1.165) is 0 Å². The number of rotatable bonds is 6. The largest absolute Gasteiger partial charge is 0.497 e. The van der Waals surface area contributed by atoms with Crippen LogP contribution in [0.4, 0.5) is 5.69 Å². The Morgan fingerprint density at radius 3 is 1.91 bits per heavy atom. The van der Waals surface area contributed by atoms with E-state index in [1.165, 1.54) is 51.5 Å². The summed E-state index contributed by atoms with van der Waals surface area (Å²) in [7, 11) is 2.91. The summed E-state index contributed by atoms with van der Waals surface area (Å²) in [5.41, 5.74) is 1.61. The highest BCUT2D eigenvalue weighted by molar-refractivity contribution is 6.28. The van der Waals surface area contributed by atoms with Crippen LogP contribution in [-0.2, 0) is 9.53 Å². The predicted octanol–water partition coefficient (Wildman–Crippen LogP) is 3.66. The van der Waals surface area contributed by atoms with Crippen molar-refractivity contribution in [2.24, 2.45) is 0 Å². The van der Waals surface area contributed by atoms with E-state index in [4.69, 9.17) is 14.2 Å². The topological polar surface area (TPSA) is 108 Å². The molecule has 0 heterocycles. The molecule has 0 bridgehead atoms. The Balaban J connectivity index is 1.49. The van der Waals surface area contributed by atoms with Gasteiger partial charge in [-0.2, -0.15) is 0 Å². The molecular formula is C26H21NO7. The summed E-state index contributed by atoms with van der Waals surface area (Å²) in [4.78, 5) is 50.8. The van der Waals surface area contributed by atoms with Gasteiger partial charge in [-0.05, 0) is 37.3 Å². The van der Waals surface area contributed by atoms with Crippen LogP contribution < -0.4 is 14.8 Å². The molecule has 8 heteroatoms. The Labute approximate surface area is 195 Å². The molecule has 0 fully saturated rings. The van der Waals surface area contributed by atoms with Crippen LogP contribution in [0.2, 0.25) is 0 Å². The Bertz CT molecular complexity index is 1310. The van der Waals surface area contributed by atoms with E-state index < -0.39 is 18.0 Å². The number of fused-ring (bicyclic) bond motifs is 2. The van der Waals surface area contributed by atoms with Gasteiger partial charge in [0.05, 0.1) is 19.8 Å². The zero-order valence-corrected chi connectivity index (χ0v) is 18.7. The number of carbonyl (C=O) groups excluding carboxylic acids is 4. The molecule has 3 aromatic rings. The zero-order valence-electron chi connectivity index (χ0n) is 18.7. The average Bonchev–Trinajstić information content (AvgIpc) is 2.86. The lowest BCUT2D eigenvalue weighted by Gasteiger charge is -2.19. The fraction of sp³-hybridized carbons (Fsp3) is 0.154. The quantitative estimate of drug-likeness (QED) is 0.438. The van der Waals surface area contributed by atoms with Crippen LogP contribution in [-0.4, -0.2) is 43.8 Å². The number of nitrogens with one attached hydrogen (secondary N) is 1. The number of anilines is 1. The molecule has 1 atom stereocenters. The Morgan fingerprint density at radius 1 is 0.765 bits per heavy atom. The fourth-order valence-electron chi connectivity index (χ4n) is 3.63. The van der Waals surface area contributed by atoms with Crippen LogP contribution in [0.3, 0.4) is 0 Å². The third kappa shape index (κ3) is 4.25. The molecular weight excluding hydrogens is 438 g/mol. The van der Waals surface area contributed by atoms with Crippen molar-refractivity contribution in [3.05, 3.63) is 88.5 Å². The van der Waals surface area contributed by atoms with Crippen LogP contribution >= 0.6 is 0 Å². The first kappa shape index (κ1) is 22.7. The van der Waals surface area contributed by atoms with Crippen molar-refractivity contribution >= 4 is 29.1 Å². The van der Waals surface area contributed by atoms with Gasteiger partial charge in [-0.15, -0.1) is 0 Å². The number of carbonyl (C=O) groups is 4. The predicted molar refractivity (Wildman–Crippen MR) is 123 cm³/mol. The third-order valence-corrected chi connectivity index (χ3v) is 5.43. The minimum absolute atomic E-state index is 0.160. The van der Waals surface area contributed by atoms with E-state index in [0.29, 0.717) is 28.3 Å². The molecule has 1 aliphatic carbocycles. The van der Waals surface area contributed by atoms with E-state index in [9.17, 15) is 19.2 Å². The summed E-state index contributed by atoms with van der Waals surface area (Å²) in [6.07, 6.45) is -1.14. The lowest BCUT2D eigenvalue weighted by Crippen LogP contribution is -2.30. The van der Waals surface area contributed by atoms with Gasteiger partial charge in [0.25, 0.3) is 5.91 Å². The Hall–Kier alpha value is -4.46. The normalized spacial score (nSPS) is 12.8. The number of ether oxygens (including phenoxy) is 3. The standard InChI is InChI=1S/C26H21NO7/c1-14(34-26(31)15-10-17(32-2)13-18(11-15)33-3)25(30)27-16-8-9-21-22(12-16)24(29)20-7-5-4-6-19(20)23(21)28/h4-14H,1-3H3,(H,27,30). The molecule has 1 amide bonds. The van der Waals surface area contributed by atoms with Gasteiger partial charge in [0, 0.05) is 34.0 Å². The highest BCUT2D eigenvalue weighted by atomic mass is 16.5. The molecule has 1 aliphatic rings. The molecule has 0 saturated heterocycles. The number of benzene rings is 3. The maximum atomic E-state index is 12.9. The molecule has 1 N–H and O–H groups in total. The van der Waals surface area contributed by atoms with Gasteiger partial charge in [0.1, 0.15) is 11.5 Å². The molecule has 3 aromatic carbocycles. The average molecular weight is 459 g/mol. The van der Waals surface area contributed by atoms with E-state index in [1.807, 2.05) is 0 Å². The zero-order chi connectivity index (χ0) is 24.4. The van der Waals surface area contributed by atoms with Crippen molar-refractivity contribution in [1.29, 1.82) is 0 Å². The molecule has 34 heavy (non-hydrogen) atoms. The summed E-state index contributed by atoms with van der Waals surface area (Å²) in [6, 6.07) is 15.6. The van der Waals surface area contributed by atoms with Crippen molar-refractivity contribution < 1.29 is 33.4 Å². The maximum Gasteiger partial charge on any atom is 0.339 e. The summed E-state index contributed by atoms with van der Waals surface area (Å²) in [5, 5.41) is 2.62. The van der Waals surface area contributed by atoms with Gasteiger partial charge in [0.2, 0.25) is 0 Å². The maximum absolute atomic E-state index is 12.9. The van der Waals surface area contributed by atoms with Crippen molar-refractivity contribution in [2.45, 2.75) is 13.0 Å². The first-order valence-corrected chi connectivity index (χ1v) is 10.4. The minimum Gasteiger partial charge on any atom is -0.497 e. The second-order valence-corrected chi connectivity index (χ2v) is 7.60. The minimum atomic E-state index is -1.14. The molecule has 0 saturated carbocycles. The molecule has 0 aliphatic heterocycles. The van der Waals surface area contributed by atoms with Crippen LogP contribution in [0.15, 0.2) is 60.7 Å². The summed E-state index contributed by atoms with van der Waals surface area (Å²) in [6.45, 7) is 1.42. The molecule has 4 rings (SSSR count). The van der Waals surface area contributed by atoms with Gasteiger partial charge >= 0.3 is 5.97 Å². The van der Waals surface area contributed by atoms with Crippen LogP contribution in [0.1, 0.15) is 49.1 Å². The van der Waals surface area contributed by atoms with Crippen LogP contribution in [0.5, 0.6) is 11.5 Å². The highest BCUT2D eigenvalue weighted by Gasteiger charge is 2.30. The number of ketones is 2. The molecule has 8 nitrogen and oxygen atoms in total. The lowest BCUT2D eigenvalue weighted by molar-refractivity contribution is -0.123. The first-order chi connectivity index (χ1) is 16.3. The van der Waals surface area contributed by atoms with Crippen molar-refractivity contribution in [2.75, 3.05) is 19.5 Å². The number of amides is 1. The van der Waals surface area contributed by atoms with Gasteiger partial charge < -0.3 is 19.5 Å². The number of hydrogen-bond acceptors (Lipinski definition) is 7. The van der Waals surface area contributed by atoms with Crippen LogP contribution in [0.25, 0.3) is 0 Å². The van der Waals surface area contributed by atoms with Crippen molar-refractivity contribution in [3.63, 3.8) is 0 Å². The van der Waals surface area contributed by atoms with Gasteiger partial charge in [-0.1, -0.05) is 24.3 Å². The van der Waals surface area contributed by atoms with Crippen molar-refractivity contribution in [3.8, 4) is 11.5 Å². The van der Waals surface area contributed by atoms with E-state index in [2.05, 4.69) is 5.32 Å². The SMILES string of the molecule is COc1cc(OC)cc(C(=O)OC(C)C(=O)Nc2ccc3c(c2)C(=O)c2ccccc2C3=O)c1. The van der Waals surface area contributed by atoms with E-state index in [1.54, 1.807) is 30.3 Å². The number of hydrogen-bond donors (Lipinski definition) is 1. The van der Waals surface area contributed by atoms with E-state index >= 15 is 0 Å². The molecule has 0 spiro atoms. The van der Waals surface area contributed by atoms with Gasteiger partial charge in [-0.25, -0.2) is 4.79 Å². The first-order valence-electron chi connectivity index (χ1n) is 10.4. The van der Waals surface area contributed by atoms with Gasteiger partial charge in [0.15, 0.2) is 17.7 Å². The van der Waals surface area contributed by atoms with Gasteiger partial charge in [-0.3, -0.25) is 14.4 Å². The smallest absolute Gasteiger partial charge is 0.339 e.